The molecule has 1 aliphatic carbocycles. The van der Waals surface area contributed by atoms with Crippen LogP contribution in [0.3, 0.4) is 0 Å². The fourth-order valence-electron chi connectivity index (χ4n) is 3.91. The maximum atomic E-state index is 12.6. The summed E-state index contributed by atoms with van der Waals surface area (Å²) in [6, 6.07) is 5.73. The van der Waals surface area contributed by atoms with Crippen LogP contribution in [0.1, 0.15) is 48.9 Å². The highest BCUT2D eigenvalue weighted by Gasteiger charge is 2.34. The van der Waals surface area contributed by atoms with Gasteiger partial charge in [0.1, 0.15) is 0 Å². The van der Waals surface area contributed by atoms with Gasteiger partial charge < -0.3 is 0 Å². The molecule has 1 saturated heterocycles. The summed E-state index contributed by atoms with van der Waals surface area (Å²) in [6.07, 6.45) is 7.77. The summed E-state index contributed by atoms with van der Waals surface area (Å²) in [6.45, 7) is 1.53. The first-order valence-electron chi connectivity index (χ1n) is 7.87. The highest BCUT2D eigenvalue weighted by atomic mass is 35.5. The number of benzene rings is 1. The van der Waals surface area contributed by atoms with Gasteiger partial charge in [-0.25, -0.2) is 0 Å². The molecule has 0 amide bonds. The molecular formula is C17H21Cl2NO. The second kappa shape index (κ2) is 6.68. The topological polar surface area (TPSA) is 20.3 Å². The lowest BCUT2D eigenvalue weighted by atomic mass is 9.78. The van der Waals surface area contributed by atoms with Crippen LogP contribution in [-0.4, -0.2) is 29.8 Å². The molecule has 1 saturated carbocycles. The molecule has 0 radical (unpaired) electrons. The zero-order chi connectivity index (χ0) is 14.8. The van der Waals surface area contributed by atoms with E-state index < -0.39 is 0 Å². The van der Waals surface area contributed by atoms with E-state index in [1.165, 1.54) is 38.5 Å². The van der Waals surface area contributed by atoms with Gasteiger partial charge in [-0.05, 0) is 56.3 Å². The van der Waals surface area contributed by atoms with E-state index in [9.17, 15) is 4.79 Å². The minimum absolute atomic E-state index is 0.114. The molecule has 1 aliphatic heterocycles. The quantitative estimate of drug-likeness (QED) is 0.742. The summed E-state index contributed by atoms with van der Waals surface area (Å²) in [5.74, 6) is 0.906. The van der Waals surface area contributed by atoms with Gasteiger partial charge in [-0.15, -0.1) is 0 Å². The number of likely N-dealkylation sites (tertiary alicyclic amines) is 1. The third kappa shape index (κ3) is 3.44. The molecule has 3 rings (SSSR count). The summed E-state index contributed by atoms with van der Waals surface area (Å²) >= 11 is 12.1. The third-order valence-corrected chi connectivity index (χ3v) is 5.48. The zero-order valence-corrected chi connectivity index (χ0v) is 13.7. The van der Waals surface area contributed by atoms with Crippen LogP contribution in [0.2, 0.25) is 10.0 Å². The van der Waals surface area contributed by atoms with E-state index in [-0.39, 0.29) is 5.78 Å². The summed E-state index contributed by atoms with van der Waals surface area (Å²) < 4.78 is 0. The molecule has 1 aromatic carbocycles. The minimum atomic E-state index is 0.114. The van der Waals surface area contributed by atoms with Crippen molar-refractivity contribution in [3.63, 3.8) is 0 Å². The lowest BCUT2D eigenvalue weighted by Crippen LogP contribution is -2.48. The Balaban J connectivity index is 1.71. The molecule has 1 heterocycles. The van der Waals surface area contributed by atoms with Crippen molar-refractivity contribution in [1.82, 2.24) is 4.90 Å². The number of carbonyl (C=O) groups excluding carboxylic acids is 1. The lowest BCUT2D eigenvalue weighted by molar-refractivity contribution is 0.0539. The number of Topliss-reactive ketones (excluding diaryl/α,β-unsaturated/α-hetero) is 1. The Morgan fingerprint density at radius 2 is 1.90 bits per heavy atom. The molecule has 0 N–H and O–H groups in total. The number of nitrogens with zero attached hydrogens (tertiary/aromatic N) is 1. The summed E-state index contributed by atoms with van der Waals surface area (Å²) in [5, 5.41) is 1.03. The van der Waals surface area contributed by atoms with Crippen molar-refractivity contribution >= 4 is 29.0 Å². The van der Waals surface area contributed by atoms with E-state index >= 15 is 0 Å². The van der Waals surface area contributed by atoms with Gasteiger partial charge in [-0.2, -0.15) is 0 Å². The maximum Gasteiger partial charge on any atom is 0.178 e. The van der Waals surface area contributed by atoms with Gasteiger partial charge in [0.2, 0.25) is 0 Å². The number of hydrogen-bond acceptors (Lipinski definition) is 2. The standard InChI is InChI=1S/C17H21Cl2NO/c18-13-7-8-14(15(19)10-13)17(21)11-20-9-3-5-12-4-1-2-6-16(12)20/h7-8,10,12,16H,1-6,9,11H2/t12-,16-/m1/s1. The van der Waals surface area contributed by atoms with Crippen LogP contribution < -0.4 is 0 Å². The van der Waals surface area contributed by atoms with Crippen molar-refractivity contribution < 1.29 is 4.79 Å². The number of carbonyl (C=O) groups is 1. The van der Waals surface area contributed by atoms with Crippen molar-refractivity contribution in [1.29, 1.82) is 0 Å². The Labute approximate surface area is 136 Å². The highest BCUT2D eigenvalue weighted by Crippen LogP contribution is 2.35. The van der Waals surface area contributed by atoms with Crippen molar-refractivity contribution in [2.75, 3.05) is 13.1 Å². The van der Waals surface area contributed by atoms with E-state index in [0.717, 1.165) is 12.5 Å². The molecule has 1 aromatic rings. The molecule has 0 unspecified atom stereocenters. The minimum Gasteiger partial charge on any atom is -0.293 e. The maximum absolute atomic E-state index is 12.6. The summed E-state index contributed by atoms with van der Waals surface area (Å²) in [7, 11) is 0. The van der Waals surface area contributed by atoms with Crippen LogP contribution >= 0.6 is 23.2 Å². The van der Waals surface area contributed by atoms with Crippen molar-refractivity contribution in [3.05, 3.63) is 33.8 Å². The van der Waals surface area contributed by atoms with Crippen LogP contribution in [0.4, 0.5) is 0 Å². The molecule has 21 heavy (non-hydrogen) atoms. The Bertz CT molecular complexity index is 530. The Morgan fingerprint density at radius 3 is 2.71 bits per heavy atom. The van der Waals surface area contributed by atoms with Gasteiger partial charge in [0.15, 0.2) is 5.78 Å². The van der Waals surface area contributed by atoms with E-state index in [0.29, 0.717) is 28.2 Å². The normalized spacial score (nSPS) is 26.4. The first-order valence-corrected chi connectivity index (χ1v) is 8.63. The fourth-order valence-corrected chi connectivity index (χ4v) is 4.42. The first-order chi connectivity index (χ1) is 10.1. The van der Waals surface area contributed by atoms with Crippen molar-refractivity contribution in [2.24, 2.45) is 5.92 Å². The van der Waals surface area contributed by atoms with Gasteiger partial charge in [-0.1, -0.05) is 36.0 Å². The number of fused-ring (bicyclic) bond motifs is 1. The largest absolute Gasteiger partial charge is 0.293 e. The molecule has 2 fully saturated rings. The first kappa shape index (κ1) is 15.3. The second-order valence-corrected chi connectivity index (χ2v) is 7.12. The SMILES string of the molecule is O=C(CN1CCC[C@H]2CCCC[C@H]21)c1ccc(Cl)cc1Cl. The van der Waals surface area contributed by atoms with Crippen LogP contribution in [0.5, 0.6) is 0 Å². The average Bonchev–Trinajstić information content (AvgIpc) is 2.47. The van der Waals surface area contributed by atoms with Gasteiger partial charge in [0.05, 0.1) is 11.6 Å². The summed E-state index contributed by atoms with van der Waals surface area (Å²) in [4.78, 5) is 14.9. The number of hydrogen-bond donors (Lipinski definition) is 0. The predicted molar refractivity (Wildman–Crippen MR) is 87.3 cm³/mol. The Hall–Kier alpha value is -0.570. The van der Waals surface area contributed by atoms with Crippen molar-refractivity contribution in [2.45, 2.75) is 44.6 Å². The van der Waals surface area contributed by atoms with Crippen LogP contribution in [0.15, 0.2) is 18.2 Å². The highest BCUT2D eigenvalue weighted by molar-refractivity contribution is 6.36. The van der Waals surface area contributed by atoms with Crippen LogP contribution in [0, 0.1) is 5.92 Å². The third-order valence-electron chi connectivity index (χ3n) is 4.94. The fraction of sp³-hybridized carbons (Fsp3) is 0.588. The van der Waals surface area contributed by atoms with E-state index in [1.54, 1.807) is 18.2 Å². The van der Waals surface area contributed by atoms with Gasteiger partial charge >= 0.3 is 0 Å². The summed E-state index contributed by atoms with van der Waals surface area (Å²) in [5.41, 5.74) is 0.596. The molecule has 0 bridgehead atoms. The molecule has 2 nitrogen and oxygen atoms in total. The van der Waals surface area contributed by atoms with Gasteiger partial charge in [0, 0.05) is 16.6 Å². The van der Waals surface area contributed by atoms with E-state index in [4.69, 9.17) is 23.2 Å². The molecule has 0 spiro atoms. The van der Waals surface area contributed by atoms with Crippen LogP contribution in [-0.2, 0) is 0 Å². The number of ketones is 1. The molecule has 4 heteroatoms. The van der Waals surface area contributed by atoms with Crippen LogP contribution in [0.25, 0.3) is 0 Å². The number of piperidine rings is 1. The Morgan fingerprint density at radius 1 is 1.14 bits per heavy atom. The molecule has 0 aromatic heterocycles. The van der Waals surface area contributed by atoms with E-state index in [2.05, 4.69) is 4.90 Å². The average molecular weight is 326 g/mol. The molecule has 114 valence electrons. The molecule has 2 atom stereocenters. The second-order valence-electron chi connectivity index (χ2n) is 6.27. The lowest BCUT2D eigenvalue weighted by Gasteiger charge is -2.43. The number of rotatable bonds is 3. The predicted octanol–water partition coefficient (Wildman–Crippen LogP) is 4.83. The van der Waals surface area contributed by atoms with Crippen molar-refractivity contribution in [3.8, 4) is 0 Å². The zero-order valence-electron chi connectivity index (χ0n) is 12.2. The monoisotopic (exact) mass is 325 g/mol. The molecular weight excluding hydrogens is 305 g/mol. The van der Waals surface area contributed by atoms with Gasteiger partial charge in [-0.3, -0.25) is 9.69 Å². The smallest absolute Gasteiger partial charge is 0.178 e. The van der Waals surface area contributed by atoms with E-state index in [1.807, 2.05) is 0 Å². The Kier molecular flexibility index (Phi) is 4.88. The van der Waals surface area contributed by atoms with Gasteiger partial charge in [0.25, 0.3) is 0 Å². The number of halogens is 2. The molecule has 2 aliphatic rings.